The number of thioether (sulfide) groups is 1. The van der Waals surface area contributed by atoms with E-state index >= 15 is 0 Å². The van der Waals surface area contributed by atoms with E-state index in [1.807, 2.05) is 18.0 Å². The molecule has 3 nitrogen and oxygen atoms in total. The van der Waals surface area contributed by atoms with E-state index in [0.29, 0.717) is 10.8 Å². The van der Waals surface area contributed by atoms with Gasteiger partial charge in [-0.15, -0.1) is 0 Å². The van der Waals surface area contributed by atoms with Gasteiger partial charge in [-0.1, -0.05) is 34.6 Å². The van der Waals surface area contributed by atoms with Crippen LogP contribution in [0.4, 0.5) is 0 Å². The van der Waals surface area contributed by atoms with Crippen LogP contribution in [0.5, 0.6) is 0 Å². The number of hydrogen-bond acceptors (Lipinski definition) is 3. The minimum Gasteiger partial charge on any atom is -0.334 e. The van der Waals surface area contributed by atoms with E-state index in [9.17, 15) is 0 Å². The second-order valence-corrected chi connectivity index (χ2v) is 7.36. The first-order valence-corrected chi connectivity index (χ1v) is 7.84. The highest BCUT2D eigenvalue weighted by molar-refractivity contribution is 8.00. The van der Waals surface area contributed by atoms with E-state index in [0.717, 1.165) is 25.3 Å². The molecule has 4 heteroatoms. The van der Waals surface area contributed by atoms with Crippen LogP contribution in [0.1, 0.15) is 52.9 Å². The van der Waals surface area contributed by atoms with E-state index in [1.54, 1.807) is 0 Å². The number of hydrogen-bond donors (Lipinski definition) is 1. The van der Waals surface area contributed by atoms with Gasteiger partial charge in [0.2, 0.25) is 0 Å². The van der Waals surface area contributed by atoms with Gasteiger partial charge in [0.1, 0.15) is 5.82 Å². The molecule has 0 spiro atoms. The van der Waals surface area contributed by atoms with Gasteiger partial charge in [0.05, 0.1) is 6.04 Å². The predicted molar refractivity (Wildman–Crippen MR) is 81.1 cm³/mol. The molecule has 0 saturated carbocycles. The van der Waals surface area contributed by atoms with Crippen LogP contribution in [0.2, 0.25) is 0 Å². The molecule has 1 atom stereocenters. The van der Waals surface area contributed by atoms with Crippen molar-refractivity contribution in [3.05, 3.63) is 18.2 Å². The molecule has 1 unspecified atom stereocenters. The first kappa shape index (κ1) is 15.6. The normalized spacial score (nSPS) is 13.8. The summed E-state index contributed by atoms with van der Waals surface area (Å²) in [6, 6.07) is 0.348. The number of rotatable bonds is 7. The molecule has 1 aromatic heterocycles. The molecule has 0 aromatic carbocycles. The summed E-state index contributed by atoms with van der Waals surface area (Å²) >= 11 is 1.99. The lowest BCUT2D eigenvalue weighted by molar-refractivity contribution is 0.525. The van der Waals surface area contributed by atoms with E-state index < -0.39 is 0 Å². The Morgan fingerprint density at radius 2 is 2.11 bits per heavy atom. The van der Waals surface area contributed by atoms with Crippen molar-refractivity contribution in [3.8, 4) is 0 Å². The van der Waals surface area contributed by atoms with Gasteiger partial charge in [-0.05, 0) is 13.0 Å². The molecule has 0 aliphatic heterocycles. The summed E-state index contributed by atoms with van der Waals surface area (Å²) in [7, 11) is 0. The fraction of sp³-hybridized carbons (Fsp3) is 0.786. The van der Waals surface area contributed by atoms with Crippen LogP contribution in [0, 0.1) is 0 Å². The van der Waals surface area contributed by atoms with Crippen molar-refractivity contribution < 1.29 is 0 Å². The van der Waals surface area contributed by atoms with Gasteiger partial charge in [-0.25, -0.2) is 4.98 Å². The highest BCUT2D eigenvalue weighted by Crippen LogP contribution is 2.28. The van der Waals surface area contributed by atoms with E-state index in [4.69, 9.17) is 0 Å². The van der Waals surface area contributed by atoms with E-state index in [2.05, 4.69) is 55.7 Å². The summed E-state index contributed by atoms with van der Waals surface area (Å²) < 4.78 is 2.58. The topological polar surface area (TPSA) is 29.9 Å². The Hall–Kier alpha value is -0.480. The van der Waals surface area contributed by atoms with Crippen LogP contribution < -0.4 is 5.32 Å². The van der Waals surface area contributed by atoms with E-state index in [1.165, 1.54) is 5.82 Å². The zero-order valence-corrected chi connectivity index (χ0v) is 13.2. The summed E-state index contributed by atoms with van der Waals surface area (Å²) in [5.41, 5.74) is 0. The monoisotopic (exact) mass is 269 g/mol. The lowest BCUT2D eigenvalue weighted by atomic mass is 10.3. The quantitative estimate of drug-likeness (QED) is 0.822. The molecule has 0 aliphatic carbocycles. The fourth-order valence-electron chi connectivity index (χ4n) is 1.87. The van der Waals surface area contributed by atoms with Gasteiger partial charge in [0.25, 0.3) is 0 Å². The molecule has 0 bridgehead atoms. The maximum absolute atomic E-state index is 4.54. The lowest BCUT2D eigenvalue weighted by Crippen LogP contribution is -2.28. The van der Waals surface area contributed by atoms with Crippen molar-refractivity contribution in [2.45, 2.75) is 58.4 Å². The second kappa shape index (κ2) is 7.19. The van der Waals surface area contributed by atoms with Crippen molar-refractivity contribution >= 4 is 11.8 Å². The Balaban J connectivity index is 2.73. The van der Waals surface area contributed by atoms with Crippen LogP contribution >= 0.6 is 11.8 Å². The third-order valence-corrected chi connectivity index (χ3v) is 4.02. The standard InChI is InChI=1S/C14H27N3S/c1-6-9-17-10-8-16-13(17)12(15-7-2)11-18-14(3,4)5/h8,10,12,15H,6-7,9,11H2,1-5H3. The fourth-order valence-corrected chi connectivity index (χ4v) is 2.80. The van der Waals surface area contributed by atoms with Gasteiger partial charge >= 0.3 is 0 Å². The molecule has 0 saturated heterocycles. The average molecular weight is 269 g/mol. The zero-order chi connectivity index (χ0) is 13.6. The molecule has 104 valence electrons. The Labute approximate surface area is 116 Å². The number of imidazole rings is 1. The molecule has 1 heterocycles. The first-order chi connectivity index (χ1) is 8.48. The van der Waals surface area contributed by atoms with Crippen molar-refractivity contribution in [1.29, 1.82) is 0 Å². The van der Waals surface area contributed by atoms with Crippen LogP contribution in [0.3, 0.4) is 0 Å². The summed E-state index contributed by atoms with van der Waals surface area (Å²) in [6.45, 7) is 13.2. The largest absolute Gasteiger partial charge is 0.334 e. The van der Waals surface area contributed by atoms with Gasteiger partial charge in [-0.3, -0.25) is 0 Å². The van der Waals surface area contributed by atoms with Crippen molar-refractivity contribution in [1.82, 2.24) is 14.9 Å². The van der Waals surface area contributed by atoms with E-state index in [-0.39, 0.29) is 0 Å². The molecule has 0 fully saturated rings. The number of nitrogens with one attached hydrogen (secondary N) is 1. The highest BCUT2D eigenvalue weighted by Gasteiger charge is 2.19. The first-order valence-electron chi connectivity index (χ1n) is 6.86. The molecule has 0 amide bonds. The third kappa shape index (κ3) is 5.02. The van der Waals surface area contributed by atoms with Crippen LogP contribution in [0.15, 0.2) is 12.4 Å². The number of aryl methyl sites for hydroxylation is 1. The maximum Gasteiger partial charge on any atom is 0.126 e. The summed E-state index contributed by atoms with van der Waals surface area (Å²) in [5, 5.41) is 3.55. The molecule has 1 N–H and O–H groups in total. The highest BCUT2D eigenvalue weighted by atomic mass is 32.2. The molecular formula is C14H27N3S. The molecular weight excluding hydrogens is 242 g/mol. The molecule has 18 heavy (non-hydrogen) atoms. The summed E-state index contributed by atoms with van der Waals surface area (Å²) in [5.74, 6) is 2.24. The second-order valence-electron chi connectivity index (χ2n) is 5.51. The maximum atomic E-state index is 4.54. The van der Waals surface area contributed by atoms with Crippen molar-refractivity contribution in [2.75, 3.05) is 12.3 Å². The summed E-state index contributed by atoms with van der Waals surface area (Å²) in [6.07, 6.45) is 5.15. The predicted octanol–water partition coefficient (Wildman–Crippen LogP) is 3.48. The SMILES string of the molecule is CCCn1ccnc1C(CSC(C)(C)C)NCC. The number of nitrogens with zero attached hydrogens (tertiary/aromatic N) is 2. The Kier molecular flexibility index (Phi) is 6.22. The third-order valence-electron chi connectivity index (χ3n) is 2.66. The number of aromatic nitrogens is 2. The zero-order valence-electron chi connectivity index (χ0n) is 12.4. The average Bonchev–Trinajstić information content (AvgIpc) is 2.72. The Morgan fingerprint density at radius 3 is 2.67 bits per heavy atom. The van der Waals surface area contributed by atoms with Crippen LogP contribution in [0.25, 0.3) is 0 Å². The molecule has 1 aromatic rings. The van der Waals surface area contributed by atoms with Gasteiger partial charge in [0.15, 0.2) is 0 Å². The molecule has 0 radical (unpaired) electrons. The van der Waals surface area contributed by atoms with Crippen molar-refractivity contribution in [3.63, 3.8) is 0 Å². The van der Waals surface area contributed by atoms with Gasteiger partial charge in [0, 0.05) is 29.4 Å². The Bertz CT molecular complexity index is 341. The minimum atomic E-state index is 0.301. The van der Waals surface area contributed by atoms with Gasteiger partial charge in [-0.2, -0.15) is 11.8 Å². The van der Waals surface area contributed by atoms with Crippen LogP contribution in [-0.2, 0) is 6.54 Å². The van der Waals surface area contributed by atoms with Crippen molar-refractivity contribution in [2.24, 2.45) is 0 Å². The summed E-state index contributed by atoms with van der Waals surface area (Å²) in [4.78, 5) is 4.54. The lowest BCUT2D eigenvalue weighted by Gasteiger charge is -2.23. The molecule has 1 rings (SSSR count). The van der Waals surface area contributed by atoms with Crippen LogP contribution in [-0.4, -0.2) is 26.6 Å². The Morgan fingerprint density at radius 1 is 1.39 bits per heavy atom. The smallest absolute Gasteiger partial charge is 0.126 e. The minimum absolute atomic E-state index is 0.301. The van der Waals surface area contributed by atoms with Gasteiger partial charge < -0.3 is 9.88 Å². The molecule has 0 aliphatic rings.